The average molecular weight is 384 g/mol. The summed E-state index contributed by atoms with van der Waals surface area (Å²) in [5.74, 6) is -1.69. The van der Waals surface area contributed by atoms with Gasteiger partial charge in [0.2, 0.25) is 5.91 Å². The lowest BCUT2D eigenvalue weighted by Crippen LogP contribution is -2.46. The highest BCUT2D eigenvalue weighted by atomic mass is 79.9. The quantitative estimate of drug-likeness (QED) is 0.481. The molecule has 0 spiro atoms. The van der Waals surface area contributed by atoms with Gasteiger partial charge in [0.15, 0.2) is 6.04 Å². The predicted molar refractivity (Wildman–Crippen MR) is 92.2 cm³/mol. The molecule has 0 saturated carbocycles. The smallest absolute Gasteiger partial charge is 0.328 e. The van der Waals surface area contributed by atoms with Gasteiger partial charge < -0.3 is 15.2 Å². The number of carbonyl (C=O) groups is 2. The number of benzene rings is 1. The fourth-order valence-electron chi connectivity index (χ4n) is 2.09. The van der Waals surface area contributed by atoms with Crippen molar-refractivity contribution >= 4 is 27.8 Å². The molecule has 1 aromatic rings. The Bertz CT molecular complexity index is 547. The first kappa shape index (κ1) is 19.4. The van der Waals surface area contributed by atoms with Crippen molar-refractivity contribution in [1.29, 1.82) is 0 Å². The molecule has 0 saturated heterocycles. The monoisotopic (exact) mass is 383 g/mol. The van der Waals surface area contributed by atoms with Crippen LogP contribution >= 0.6 is 15.9 Å². The fourth-order valence-corrected chi connectivity index (χ4v) is 2.53. The van der Waals surface area contributed by atoms with E-state index in [1.54, 1.807) is 0 Å². The van der Waals surface area contributed by atoms with Gasteiger partial charge in [0.05, 0.1) is 13.2 Å². The summed E-state index contributed by atoms with van der Waals surface area (Å²) in [5.41, 5.74) is 1.02. The zero-order valence-electron chi connectivity index (χ0n) is 13.1. The van der Waals surface area contributed by atoms with Crippen LogP contribution in [0.3, 0.4) is 0 Å². The molecular formula is C17H22BrNO4. The zero-order chi connectivity index (χ0) is 17.2. The highest BCUT2D eigenvalue weighted by Crippen LogP contribution is 2.21. The molecule has 5 nitrogen and oxygen atoms in total. The van der Waals surface area contributed by atoms with E-state index in [0.29, 0.717) is 12.8 Å². The van der Waals surface area contributed by atoms with Crippen LogP contribution in [0.5, 0.6) is 0 Å². The molecule has 1 amide bonds. The summed E-state index contributed by atoms with van der Waals surface area (Å²) in [6.07, 6.45) is 2.69. The lowest BCUT2D eigenvalue weighted by atomic mass is 9.96. The molecule has 2 N–H and O–H groups in total. The summed E-state index contributed by atoms with van der Waals surface area (Å²) < 4.78 is 6.08. The van der Waals surface area contributed by atoms with E-state index in [9.17, 15) is 14.7 Å². The van der Waals surface area contributed by atoms with E-state index in [-0.39, 0.29) is 25.0 Å². The van der Waals surface area contributed by atoms with Crippen LogP contribution in [0.2, 0.25) is 0 Å². The molecule has 2 atom stereocenters. The van der Waals surface area contributed by atoms with Gasteiger partial charge in [-0.1, -0.05) is 47.1 Å². The third-order valence-corrected chi connectivity index (χ3v) is 4.20. The predicted octanol–water partition coefficient (Wildman–Crippen LogP) is 2.79. The number of ether oxygens (including phenoxy) is 1. The second-order valence-electron chi connectivity index (χ2n) is 5.13. The van der Waals surface area contributed by atoms with E-state index in [1.165, 1.54) is 6.08 Å². The third kappa shape index (κ3) is 6.54. The van der Waals surface area contributed by atoms with Crippen molar-refractivity contribution in [1.82, 2.24) is 5.32 Å². The summed E-state index contributed by atoms with van der Waals surface area (Å²) >= 11 is 3.46. The summed E-state index contributed by atoms with van der Waals surface area (Å²) in [7, 11) is 0. The molecule has 0 bridgehead atoms. The molecular weight excluding hydrogens is 362 g/mol. The van der Waals surface area contributed by atoms with Crippen molar-refractivity contribution in [2.24, 2.45) is 5.92 Å². The third-order valence-electron chi connectivity index (χ3n) is 3.42. The number of hydrogen-bond donors (Lipinski definition) is 2. The van der Waals surface area contributed by atoms with Crippen LogP contribution in [0.4, 0.5) is 0 Å². The molecule has 6 heteroatoms. The molecule has 2 unspecified atom stereocenters. The van der Waals surface area contributed by atoms with Gasteiger partial charge in [0.25, 0.3) is 0 Å². The number of carboxylic acids is 1. The molecule has 1 aromatic carbocycles. The normalized spacial score (nSPS) is 13.1. The van der Waals surface area contributed by atoms with Crippen LogP contribution < -0.4 is 5.32 Å². The molecule has 0 aliphatic carbocycles. The summed E-state index contributed by atoms with van der Waals surface area (Å²) in [4.78, 5) is 23.6. The topological polar surface area (TPSA) is 75.6 Å². The van der Waals surface area contributed by atoms with Gasteiger partial charge in [-0.05, 0) is 24.5 Å². The Balaban J connectivity index is 2.69. The second-order valence-corrected chi connectivity index (χ2v) is 5.98. The van der Waals surface area contributed by atoms with Gasteiger partial charge in [-0.25, -0.2) is 4.79 Å². The molecule has 0 radical (unpaired) electrons. The van der Waals surface area contributed by atoms with Crippen molar-refractivity contribution in [3.8, 4) is 0 Å². The molecule has 1 rings (SSSR count). The molecule has 126 valence electrons. The van der Waals surface area contributed by atoms with Crippen LogP contribution in [0.25, 0.3) is 0 Å². The minimum Gasteiger partial charge on any atom is -0.480 e. The van der Waals surface area contributed by atoms with Crippen molar-refractivity contribution < 1.29 is 19.4 Å². The van der Waals surface area contributed by atoms with Crippen LogP contribution in [0.1, 0.15) is 18.9 Å². The first-order valence-corrected chi connectivity index (χ1v) is 8.24. The van der Waals surface area contributed by atoms with Crippen LogP contribution in [-0.4, -0.2) is 36.2 Å². The van der Waals surface area contributed by atoms with Crippen LogP contribution in [0, 0.1) is 5.92 Å². The minimum absolute atomic E-state index is 0.0848. The van der Waals surface area contributed by atoms with E-state index in [0.717, 1.165) is 10.0 Å². The lowest BCUT2D eigenvalue weighted by molar-refractivity contribution is -0.144. The van der Waals surface area contributed by atoms with Crippen LogP contribution in [-0.2, 0) is 20.7 Å². The fraction of sp³-hybridized carbons (Fsp3) is 0.412. The number of carbonyl (C=O) groups excluding carboxylic acids is 1. The average Bonchev–Trinajstić information content (AvgIpc) is 2.53. The van der Waals surface area contributed by atoms with Crippen molar-refractivity contribution in [2.45, 2.75) is 25.8 Å². The van der Waals surface area contributed by atoms with Crippen molar-refractivity contribution in [2.75, 3.05) is 13.2 Å². The number of nitrogens with one attached hydrogen (secondary N) is 1. The Morgan fingerprint density at radius 3 is 2.70 bits per heavy atom. The number of rotatable bonds is 10. The Kier molecular flexibility index (Phi) is 8.58. The Morgan fingerprint density at radius 1 is 1.43 bits per heavy atom. The van der Waals surface area contributed by atoms with Crippen LogP contribution in [0.15, 0.2) is 41.4 Å². The second kappa shape index (κ2) is 10.2. The molecule has 0 fully saturated rings. The van der Waals surface area contributed by atoms with Gasteiger partial charge in [-0.15, -0.1) is 6.58 Å². The Labute approximate surface area is 144 Å². The van der Waals surface area contributed by atoms with E-state index in [2.05, 4.69) is 27.8 Å². The molecule has 23 heavy (non-hydrogen) atoms. The lowest BCUT2D eigenvalue weighted by Gasteiger charge is -2.20. The van der Waals surface area contributed by atoms with Gasteiger partial charge in [-0.3, -0.25) is 4.79 Å². The summed E-state index contributed by atoms with van der Waals surface area (Å²) in [5, 5.41) is 11.7. The highest BCUT2D eigenvalue weighted by Gasteiger charge is 2.25. The molecule has 0 aliphatic heterocycles. The van der Waals surface area contributed by atoms with Crippen molar-refractivity contribution in [3.05, 3.63) is 47.0 Å². The molecule has 0 aromatic heterocycles. The number of hydrogen-bond acceptors (Lipinski definition) is 3. The summed E-state index contributed by atoms with van der Waals surface area (Å²) in [6, 6.07) is 6.63. The van der Waals surface area contributed by atoms with Gasteiger partial charge >= 0.3 is 5.97 Å². The first-order chi connectivity index (χ1) is 11.0. The Hall–Kier alpha value is -1.66. The van der Waals surface area contributed by atoms with Gasteiger partial charge in [-0.2, -0.15) is 0 Å². The maximum absolute atomic E-state index is 12.4. The number of aliphatic carboxylic acids is 1. The number of carboxylic acid groups (broad SMARTS) is 1. The molecule has 0 heterocycles. The highest BCUT2D eigenvalue weighted by molar-refractivity contribution is 9.10. The zero-order valence-corrected chi connectivity index (χ0v) is 14.7. The van der Waals surface area contributed by atoms with E-state index in [4.69, 9.17) is 4.74 Å². The standard InChI is InChI=1S/C17H22BrNO4/c1-3-9-23-11-15(17(21)22)19-16(20)12(4-2)10-13-7-5-6-8-14(13)18/h3,5-8,12,15H,1,4,9-11H2,2H3,(H,19,20)(H,21,22). The van der Waals surface area contributed by atoms with E-state index in [1.807, 2.05) is 31.2 Å². The Morgan fingerprint density at radius 2 is 2.13 bits per heavy atom. The minimum atomic E-state index is -1.11. The van der Waals surface area contributed by atoms with E-state index < -0.39 is 12.0 Å². The maximum atomic E-state index is 12.4. The van der Waals surface area contributed by atoms with Gasteiger partial charge in [0.1, 0.15) is 0 Å². The summed E-state index contributed by atoms with van der Waals surface area (Å²) in [6.45, 7) is 5.56. The largest absolute Gasteiger partial charge is 0.480 e. The first-order valence-electron chi connectivity index (χ1n) is 7.44. The molecule has 0 aliphatic rings. The van der Waals surface area contributed by atoms with Crippen molar-refractivity contribution in [3.63, 3.8) is 0 Å². The number of halogens is 1. The number of amides is 1. The SMILES string of the molecule is C=CCOCC(NC(=O)C(CC)Cc1ccccc1Br)C(=O)O. The maximum Gasteiger partial charge on any atom is 0.328 e. The van der Waals surface area contributed by atoms with E-state index >= 15 is 0 Å². The van der Waals surface area contributed by atoms with Gasteiger partial charge in [0, 0.05) is 10.4 Å².